The molecule has 0 aliphatic heterocycles. The standard InChI is InChI=1S/C13H16ClN3OS/c1-8(2)5-9-6-11(17-16-9)13(18)15-7-10-3-4-12(14)19-10/h3-4,6,8H,5,7H2,1-2H3,(H,15,18)(H,16,17). The predicted octanol–water partition coefficient (Wildman–Crippen LogP) is 3.25. The van der Waals surface area contributed by atoms with Crippen molar-refractivity contribution in [3.8, 4) is 0 Å². The molecule has 0 spiro atoms. The highest BCUT2D eigenvalue weighted by atomic mass is 35.5. The second kappa shape index (κ2) is 6.21. The molecule has 4 nitrogen and oxygen atoms in total. The number of amides is 1. The average Bonchev–Trinajstić information content (AvgIpc) is 2.95. The molecule has 6 heteroatoms. The number of carbonyl (C=O) groups is 1. The molecule has 0 radical (unpaired) electrons. The van der Waals surface area contributed by atoms with Crippen LogP contribution in [0.4, 0.5) is 0 Å². The van der Waals surface area contributed by atoms with Crippen molar-refractivity contribution >= 4 is 28.8 Å². The number of aromatic nitrogens is 2. The molecular formula is C13H16ClN3OS. The van der Waals surface area contributed by atoms with Gasteiger partial charge in [-0.25, -0.2) is 0 Å². The van der Waals surface area contributed by atoms with Crippen molar-refractivity contribution in [3.05, 3.63) is 38.8 Å². The summed E-state index contributed by atoms with van der Waals surface area (Å²) in [5, 5.41) is 9.74. The van der Waals surface area contributed by atoms with E-state index in [4.69, 9.17) is 11.6 Å². The summed E-state index contributed by atoms with van der Waals surface area (Å²) in [5.41, 5.74) is 1.41. The average molecular weight is 298 g/mol. The van der Waals surface area contributed by atoms with E-state index in [9.17, 15) is 4.79 Å². The monoisotopic (exact) mass is 297 g/mol. The predicted molar refractivity (Wildman–Crippen MR) is 77.6 cm³/mol. The third-order valence-electron chi connectivity index (χ3n) is 2.54. The molecule has 1 amide bonds. The number of halogens is 1. The molecule has 0 saturated heterocycles. The summed E-state index contributed by atoms with van der Waals surface area (Å²) < 4.78 is 0.725. The highest BCUT2D eigenvalue weighted by Gasteiger charge is 2.11. The van der Waals surface area contributed by atoms with Crippen LogP contribution in [-0.4, -0.2) is 16.1 Å². The van der Waals surface area contributed by atoms with E-state index in [2.05, 4.69) is 29.4 Å². The molecule has 0 aliphatic rings. The number of hydrogen-bond donors (Lipinski definition) is 2. The Labute approximate surface area is 121 Å². The fourth-order valence-electron chi connectivity index (χ4n) is 1.73. The normalized spacial score (nSPS) is 10.9. The fraction of sp³-hybridized carbons (Fsp3) is 0.385. The Hall–Kier alpha value is -1.33. The van der Waals surface area contributed by atoms with E-state index >= 15 is 0 Å². The molecule has 0 atom stereocenters. The third kappa shape index (κ3) is 4.08. The van der Waals surface area contributed by atoms with Gasteiger partial charge in [0.15, 0.2) is 0 Å². The van der Waals surface area contributed by atoms with Crippen LogP contribution in [-0.2, 0) is 13.0 Å². The summed E-state index contributed by atoms with van der Waals surface area (Å²) in [4.78, 5) is 12.9. The highest BCUT2D eigenvalue weighted by molar-refractivity contribution is 7.16. The van der Waals surface area contributed by atoms with Gasteiger partial charge in [0, 0.05) is 10.6 Å². The van der Waals surface area contributed by atoms with E-state index in [1.807, 2.05) is 12.1 Å². The van der Waals surface area contributed by atoms with Crippen molar-refractivity contribution < 1.29 is 4.79 Å². The zero-order chi connectivity index (χ0) is 13.8. The van der Waals surface area contributed by atoms with Crippen molar-refractivity contribution in [1.82, 2.24) is 15.5 Å². The summed E-state index contributed by atoms with van der Waals surface area (Å²) in [6.45, 7) is 4.73. The number of rotatable bonds is 5. The number of hydrogen-bond acceptors (Lipinski definition) is 3. The van der Waals surface area contributed by atoms with Gasteiger partial charge in [-0.2, -0.15) is 5.10 Å². The maximum absolute atomic E-state index is 11.9. The molecular weight excluding hydrogens is 282 g/mol. The topological polar surface area (TPSA) is 57.8 Å². The van der Waals surface area contributed by atoms with Crippen molar-refractivity contribution in [2.45, 2.75) is 26.8 Å². The van der Waals surface area contributed by atoms with Gasteiger partial charge in [0.05, 0.1) is 10.9 Å². The first-order chi connectivity index (χ1) is 9.04. The van der Waals surface area contributed by atoms with Crippen LogP contribution in [0.1, 0.15) is 34.9 Å². The second-order valence-corrected chi connectivity index (χ2v) is 6.56. The lowest BCUT2D eigenvalue weighted by molar-refractivity contribution is 0.0946. The minimum Gasteiger partial charge on any atom is -0.346 e. The molecule has 2 heterocycles. The minimum atomic E-state index is -0.171. The SMILES string of the molecule is CC(C)Cc1cc(C(=O)NCc2ccc(Cl)s2)n[nH]1. The van der Waals surface area contributed by atoms with E-state index in [1.165, 1.54) is 11.3 Å². The van der Waals surface area contributed by atoms with Crippen molar-refractivity contribution in [2.75, 3.05) is 0 Å². The molecule has 2 aromatic rings. The van der Waals surface area contributed by atoms with Gasteiger partial charge in [-0.1, -0.05) is 25.4 Å². The summed E-state index contributed by atoms with van der Waals surface area (Å²) in [5.74, 6) is 0.361. The maximum Gasteiger partial charge on any atom is 0.272 e. The van der Waals surface area contributed by atoms with E-state index in [1.54, 1.807) is 6.07 Å². The lowest BCUT2D eigenvalue weighted by Crippen LogP contribution is -2.22. The number of nitrogens with zero attached hydrogens (tertiary/aromatic N) is 1. The summed E-state index contributed by atoms with van der Waals surface area (Å²) in [6, 6.07) is 5.53. The maximum atomic E-state index is 11.9. The first-order valence-corrected chi connectivity index (χ1v) is 7.30. The van der Waals surface area contributed by atoms with Crippen LogP contribution in [0.3, 0.4) is 0 Å². The first-order valence-electron chi connectivity index (χ1n) is 6.11. The van der Waals surface area contributed by atoms with Crippen LogP contribution in [0.5, 0.6) is 0 Å². The number of H-pyrrole nitrogens is 1. The Bertz CT molecular complexity index is 562. The molecule has 19 heavy (non-hydrogen) atoms. The summed E-state index contributed by atoms with van der Waals surface area (Å²) >= 11 is 7.29. The third-order valence-corrected chi connectivity index (χ3v) is 3.77. The first kappa shape index (κ1) is 14.1. The molecule has 2 rings (SSSR count). The van der Waals surface area contributed by atoms with E-state index < -0.39 is 0 Å². The van der Waals surface area contributed by atoms with Crippen LogP contribution in [0, 0.1) is 5.92 Å². The van der Waals surface area contributed by atoms with Gasteiger partial charge >= 0.3 is 0 Å². The number of aromatic amines is 1. The van der Waals surface area contributed by atoms with Crippen molar-refractivity contribution in [3.63, 3.8) is 0 Å². The Kier molecular flexibility index (Phi) is 4.61. The molecule has 0 fully saturated rings. The Balaban J connectivity index is 1.90. The Morgan fingerprint density at radius 1 is 1.53 bits per heavy atom. The largest absolute Gasteiger partial charge is 0.346 e. The number of nitrogens with one attached hydrogen (secondary N) is 2. The van der Waals surface area contributed by atoms with Crippen molar-refractivity contribution in [1.29, 1.82) is 0 Å². The molecule has 102 valence electrons. The van der Waals surface area contributed by atoms with E-state index in [0.717, 1.165) is 21.3 Å². The Morgan fingerprint density at radius 2 is 2.32 bits per heavy atom. The molecule has 0 aromatic carbocycles. The highest BCUT2D eigenvalue weighted by Crippen LogP contribution is 2.21. The molecule has 0 saturated carbocycles. The molecule has 2 N–H and O–H groups in total. The van der Waals surface area contributed by atoms with Crippen molar-refractivity contribution in [2.24, 2.45) is 5.92 Å². The summed E-state index contributed by atoms with van der Waals surface area (Å²) in [6.07, 6.45) is 0.890. The van der Waals surface area contributed by atoms with Gasteiger partial charge in [0.2, 0.25) is 0 Å². The minimum absolute atomic E-state index is 0.171. The van der Waals surface area contributed by atoms with Crippen LogP contribution in [0.2, 0.25) is 4.34 Å². The molecule has 2 aromatic heterocycles. The molecule has 0 aliphatic carbocycles. The molecule has 0 unspecified atom stereocenters. The van der Waals surface area contributed by atoms with Crippen LogP contribution >= 0.6 is 22.9 Å². The second-order valence-electron chi connectivity index (χ2n) is 4.76. The van der Waals surface area contributed by atoms with Gasteiger partial charge in [-0.15, -0.1) is 11.3 Å². The Morgan fingerprint density at radius 3 is 2.95 bits per heavy atom. The van der Waals surface area contributed by atoms with Crippen LogP contribution in [0.15, 0.2) is 18.2 Å². The van der Waals surface area contributed by atoms with Crippen LogP contribution < -0.4 is 5.32 Å². The lowest BCUT2D eigenvalue weighted by Gasteiger charge is -2.00. The van der Waals surface area contributed by atoms with E-state index in [0.29, 0.717) is 18.2 Å². The lowest BCUT2D eigenvalue weighted by atomic mass is 10.1. The smallest absolute Gasteiger partial charge is 0.272 e. The zero-order valence-corrected chi connectivity index (χ0v) is 12.4. The fourth-order valence-corrected chi connectivity index (χ4v) is 2.75. The van der Waals surface area contributed by atoms with Gasteiger partial charge in [-0.3, -0.25) is 9.89 Å². The van der Waals surface area contributed by atoms with Gasteiger partial charge in [0.1, 0.15) is 5.69 Å². The summed E-state index contributed by atoms with van der Waals surface area (Å²) in [7, 11) is 0. The molecule has 0 bridgehead atoms. The van der Waals surface area contributed by atoms with Gasteiger partial charge in [0.25, 0.3) is 5.91 Å². The van der Waals surface area contributed by atoms with E-state index in [-0.39, 0.29) is 5.91 Å². The van der Waals surface area contributed by atoms with Crippen LogP contribution in [0.25, 0.3) is 0 Å². The number of carbonyl (C=O) groups excluding carboxylic acids is 1. The van der Waals surface area contributed by atoms with Gasteiger partial charge in [-0.05, 0) is 30.5 Å². The van der Waals surface area contributed by atoms with Gasteiger partial charge < -0.3 is 5.32 Å². The number of thiophene rings is 1. The quantitative estimate of drug-likeness (QED) is 0.890. The zero-order valence-electron chi connectivity index (χ0n) is 10.9.